The zero-order chi connectivity index (χ0) is 9.26. The van der Waals surface area contributed by atoms with Crippen LogP contribution in [-0.2, 0) is 4.79 Å². The zero-order valence-corrected chi connectivity index (χ0v) is 8.18. The van der Waals surface area contributed by atoms with Crippen molar-refractivity contribution < 1.29 is 4.79 Å². The molecule has 1 saturated carbocycles. The maximum Gasteiger partial charge on any atom is 0.221 e. The summed E-state index contributed by atoms with van der Waals surface area (Å²) in [6, 6.07) is 1.04. The molecule has 3 heteroatoms. The SMILES string of the molecule is CCC(NC1CNC(=O)C1)C1CC1. The van der Waals surface area contributed by atoms with Crippen molar-refractivity contribution in [2.24, 2.45) is 5.92 Å². The van der Waals surface area contributed by atoms with Gasteiger partial charge in [0, 0.05) is 25.0 Å². The normalized spacial score (nSPS) is 30.2. The van der Waals surface area contributed by atoms with E-state index < -0.39 is 0 Å². The van der Waals surface area contributed by atoms with Gasteiger partial charge in [0.25, 0.3) is 0 Å². The van der Waals surface area contributed by atoms with Gasteiger partial charge in [-0.2, -0.15) is 0 Å². The molecule has 1 saturated heterocycles. The van der Waals surface area contributed by atoms with Crippen LogP contribution in [0.1, 0.15) is 32.6 Å². The number of hydrogen-bond acceptors (Lipinski definition) is 2. The summed E-state index contributed by atoms with van der Waals surface area (Å²) < 4.78 is 0. The first-order chi connectivity index (χ1) is 6.29. The Hall–Kier alpha value is -0.570. The molecular formula is C10H18N2O. The van der Waals surface area contributed by atoms with Crippen molar-refractivity contribution in [2.75, 3.05) is 6.54 Å². The average molecular weight is 182 g/mol. The molecule has 2 aliphatic rings. The molecule has 74 valence electrons. The second-order valence-electron chi connectivity index (χ2n) is 4.22. The molecule has 1 heterocycles. The van der Waals surface area contributed by atoms with Gasteiger partial charge in [0.15, 0.2) is 0 Å². The summed E-state index contributed by atoms with van der Waals surface area (Å²) in [5.41, 5.74) is 0. The number of rotatable bonds is 4. The molecule has 2 atom stereocenters. The topological polar surface area (TPSA) is 41.1 Å². The van der Waals surface area contributed by atoms with E-state index in [0.29, 0.717) is 18.5 Å². The maximum absolute atomic E-state index is 11.0. The first-order valence-corrected chi connectivity index (χ1v) is 5.32. The van der Waals surface area contributed by atoms with Crippen molar-refractivity contribution in [1.82, 2.24) is 10.6 Å². The second-order valence-corrected chi connectivity index (χ2v) is 4.22. The van der Waals surface area contributed by atoms with Crippen LogP contribution in [0.5, 0.6) is 0 Å². The van der Waals surface area contributed by atoms with Gasteiger partial charge >= 0.3 is 0 Å². The number of nitrogens with one attached hydrogen (secondary N) is 2. The van der Waals surface area contributed by atoms with Gasteiger partial charge in [0.2, 0.25) is 5.91 Å². The van der Waals surface area contributed by atoms with Crippen molar-refractivity contribution in [2.45, 2.75) is 44.7 Å². The lowest BCUT2D eigenvalue weighted by molar-refractivity contribution is -0.119. The van der Waals surface area contributed by atoms with Gasteiger partial charge in [0.1, 0.15) is 0 Å². The molecule has 0 aromatic heterocycles. The van der Waals surface area contributed by atoms with Gasteiger partial charge in [-0.1, -0.05) is 6.92 Å². The third-order valence-electron chi connectivity index (χ3n) is 3.06. The van der Waals surface area contributed by atoms with Crippen LogP contribution in [0, 0.1) is 5.92 Å². The lowest BCUT2D eigenvalue weighted by Gasteiger charge is -2.20. The minimum Gasteiger partial charge on any atom is -0.354 e. The van der Waals surface area contributed by atoms with E-state index in [4.69, 9.17) is 0 Å². The number of carbonyl (C=O) groups excluding carboxylic acids is 1. The molecule has 1 aliphatic heterocycles. The van der Waals surface area contributed by atoms with Crippen LogP contribution in [0.15, 0.2) is 0 Å². The summed E-state index contributed by atoms with van der Waals surface area (Å²) in [5, 5.41) is 6.43. The van der Waals surface area contributed by atoms with Crippen LogP contribution >= 0.6 is 0 Å². The summed E-state index contributed by atoms with van der Waals surface area (Å²) in [7, 11) is 0. The van der Waals surface area contributed by atoms with Gasteiger partial charge < -0.3 is 10.6 Å². The molecule has 2 rings (SSSR count). The molecule has 1 amide bonds. The Kier molecular flexibility index (Phi) is 2.54. The smallest absolute Gasteiger partial charge is 0.221 e. The molecular weight excluding hydrogens is 164 g/mol. The highest BCUT2D eigenvalue weighted by molar-refractivity contribution is 5.78. The molecule has 0 spiro atoms. The Morgan fingerprint density at radius 1 is 1.62 bits per heavy atom. The van der Waals surface area contributed by atoms with Gasteiger partial charge in [0.05, 0.1) is 0 Å². The van der Waals surface area contributed by atoms with Gasteiger partial charge in [-0.15, -0.1) is 0 Å². The Labute approximate surface area is 79.3 Å². The molecule has 13 heavy (non-hydrogen) atoms. The Morgan fingerprint density at radius 2 is 2.38 bits per heavy atom. The third-order valence-corrected chi connectivity index (χ3v) is 3.06. The lowest BCUT2D eigenvalue weighted by atomic mass is 10.1. The fourth-order valence-corrected chi connectivity index (χ4v) is 2.11. The lowest BCUT2D eigenvalue weighted by Crippen LogP contribution is -2.40. The highest BCUT2D eigenvalue weighted by atomic mass is 16.1. The highest BCUT2D eigenvalue weighted by Crippen LogP contribution is 2.34. The quantitative estimate of drug-likeness (QED) is 0.670. The average Bonchev–Trinajstić information content (AvgIpc) is 2.87. The molecule has 1 aliphatic carbocycles. The van der Waals surface area contributed by atoms with Crippen LogP contribution in [-0.4, -0.2) is 24.5 Å². The summed E-state index contributed by atoms with van der Waals surface area (Å²) in [6.45, 7) is 3.04. The number of amides is 1. The predicted molar refractivity (Wildman–Crippen MR) is 51.4 cm³/mol. The minimum atomic E-state index is 0.197. The largest absolute Gasteiger partial charge is 0.354 e. The van der Waals surface area contributed by atoms with Crippen LogP contribution in [0.4, 0.5) is 0 Å². The Morgan fingerprint density at radius 3 is 2.85 bits per heavy atom. The first kappa shape index (κ1) is 9.00. The molecule has 0 bridgehead atoms. The molecule has 2 fully saturated rings. The van der Waals surface area contributed by atoms with E-state index in [1.54, 1.807) is 0 Å². The van der Waals surface area contributed by atoms with E-state index in [1.807, 2.05) is 0 Å². The maximum atomic E-state index is 11.0. The van der Waals surface area contributed by atoms with Crippen LogP contribution < -0.4 is 10.6 Å². The fourth-order valence-electron chi connectivity index (χ4n) is 2.11. The molecule has 3 nitrogen and oxygen atoms in total. The van der Waals surface area contributed by atoms with E-state index in [0.717, 1.165) is 12.5 Å². The van der Waals surface area contributed by atoms with Crippen LogP contribution in [0.25, 0.3) is 0 Å². The zero-order valence-electron chi connectivity index (χ0n) is 8.18. The second kappa shape index (κ2) is 3.66. The molecule has 2 N–H and O–H groups in total. The third kappa shape index (κ3) is 2.21. The van der Waals surface area contributed by atoms with E-state index in [-0.39, 0.29) is 5.91 Å². The number of carbonyl (C=O) groups is 1. The van der Waals surface area contributed by atoms with E-state index in [2.05, 4.69) is 17.6 Å². The van der Waals surface area contributed by atoms with E-state index in [1.165, 1.54) is 19.3 Å². The van der Waals surface area contributed by atoms with Crippen LogP contribution in [0.2, 0.25) is 0 Å². The van der Waals surface area contributed by atoms with Gasteiger partial charge in [-0.05, 0) is 25.2 Å². The Bertz CT molecular complexity index is 201. The fraction of sp³-hybridized carbons (Fsp3) is 0.900. The standard InChI is InChI=1S/C10H18N2O/c1-2-9(7-3-4-7)12-8-5-10(13)11-6-8/h7-9,12H,2-6H2,1H3,(H,11,13). The van der Waals surface area contributed by atoms with Crippen molar-refractivity contribution >= 4 is 5.91 Å². The highest BCUT2D eigenvalue weighted by Gasteiger charge is 2.32. The minimum absolute atomic E-state index is 0.197. The molecule has 0 radical (unpaired) electrons. The summed E-state index contributed by atoms with van der Waals surface area (Å²) in [4.78, 5) is 11.0. The van der Waals surface area contributed by atoms with Gasteiger partial charge in [-0.25, -0.2) is 0 Å². The first-order valence-electron chi connectivity index (χ1n) is 5.32. The monoisotopic (exact) mass is 182 g/mol. The molecule has 2 unspecified atom stereocenters. The summed E-state index contributed by atoms with van der Waals surface area (Å²) in [6.07, 6.45) is 4.61. The Balaban J connectivity index is 1.78. The van der Waals surface area contributed by atoms with Crippen molar-refractivity contribution in [3.05, 3.63) is 0 Å². The molecule has 0 aromatic carbocycles. The van der Waals surface area contributed by atoms with E-state index in [9.17, 15) is 4.79 Å². The predicted octanol–water partition coefficient (Wildman–Crippen LogP) is 0.653. The summed E-state index contributed by atoms with van der Waals surface area (Å²) in [5.74, 6) is 1.09. The molecule has 0 aromatic rings. The van der Waals surface area contributed by atoms with Crippen molar-refractivity contribution in [3.63, 3.8) is 0 Å². The van der Waals surface area contributed by atoms with Gasteiger partial charge in [-0.3, -0.25) is 4.79 Å². The summed E-state index contributed by atoms with van der Waals surface area (Å²) >= 11 is 0. The van der Waals surface area contributed by atoms with Crippen LogP contribution in [0.3, 0.4) is 0 Å². The van der Waals surface area contributed by atoms with Crippen molar-refractivity contribution in [3.8, 4) is 0 Å². The van der Waals surface area contributed by atoms with Crippen molar-refractivity contribution in [1.29, 1.82) is 0 Å². The number of hydrogen-bond donors (Lipinski definition) is 2. The van der Waals surface area contributed by atoms with E-state index >= 15 is 0 Å².